The first-order valence-electron chi connectivity index (χ1n) is 10.6. The Hall–Kier alpha value is -2.23. The summed E-state index contributed by atoms with van der Waals surface area (Å²) in [4.78, 5) is 20.9. The van der Waals surface area contributed by atoms with Crippen molar-refractivity contribution in [2.45, 2.75) is 50.5 Å². The van der Waals surface area contributed by atoms with Crippen LogP contribution in [0.3, 0.4) is 0 Å². The lowest BCUT2D eigenvalue weighted by atomic mass is 9.88. The molecular formula is C23H26N4OS. The summed E-state index contributed by atoms with van der Waals surface area (Å²) in [5, 5.41) is 7.54. The summed E-state index contributed by atoms with van der Waals surface area (Å²) in [5.41, 5.74) is 1.62. The monoisotopic (exact) mass is 406 g/mol. The molecule has 0 atom stereocenters. The average Bonchev–Trinajstić information content (AvgIpc) is 3.36. The number of benzene rings is 1. The molecule has 1 aromatic heterocycles. The van der Waals surface area contributed by atoms with Crippen LogP contribution in [-0.4, -0.2) is 39.7 Å². The van der Waals surface area contributed by atoms with Crippen LogP contribution in [0.2, 0.25) is 0 Å². The van der Waals surface area contributed by atoms with E-state index in [2.05, 4.69) is 44.0 Å². The maximum atomic E-state index is 12.7. The third-order valence-corrected chi connectivity index (χ3v) is 7.31. The highest BCUT2D eigenvalue weighted by atomic mass is 32.2. The summed E-state index contributed by atoms with van der Waals surface area (Å²) in [6.07, 6.45) is 9.66. The zero-order chi connectivity index (χ0) is 19.7. The number of nitrogens with one attached hydrogen (secondary N) is 2. The molecule has 2 N–H and O–H groups in total. The largest absolute Gasteiger partial charge is 0.361 e. The topological polar surface area (TPSA) is 60.5 Å². The molecule has 0 unspecified atom stereocenters. The SMILES string of the molecule is O=C1NC(C2CCCCC2)=NC12CCN(SC#Cc1cccc3[nH]ccc13)CC2. The van der Waals surface area contributed by atoms with Gasteiger partial charge in [-0.2, -0.15) is 0 Å². The number of rotatable bonds is 2. The Labute approximate surface area is 175 Å². The minimum Gasteiger partial charge on any atom is -0.361 e. The summed E-state index contributed by atoms with van der Waals surface area (Å²) < 4.78 is 2.26. The zero-order valence-electron chi connectivity index (χ0n) is 16.5. The molecule has 1 amide bonds. The normalized spacial score (nSPS) is 22.3. The fourth-order valence-electron chi connectivity index (χ4n) is 4.73. The van der Waals surface area contributed by atoms with Crippen molar-refractivity contribution in [2.75, 3.05) is 13.1 Å². The molecule has 3 aliphatic rings. The van der Waals surface area contributed by atoms with E-state index in [0.717, 1.165) is 48.2 Å². The Kier molecular flexibility index (Phi) is 5.11. The summed E-state index contributed by atoms with van der Waals surface area (Å²) in [5.74, 6) is 4.83. The second-order valence-electron chi connectivity index (χ2n) is 8.31. The first-order chi connectivity index (χ1) is 14.2. The Bertz CT molecular complexity index is 1000. The fraction of sp³-hybridized carbons (Fsp3) is 0.478. The molecule has 0 radical (unpaired) electrons. The number of fused-ring (bicyclic) bond motifs is 1. The van der Waals surface area contributed by atoms with Crippen molar-refractivity contribution in [3.63, 3.8) is 0 Å². The number of amidine groups is 1. The van der Waals surface area contributed by atoms with Crippen LogP contribution in [0.5, 0.6) is 0 Å². The molecule has 2 fully saturated rings. The predicted octanol–water partition coefficient (Wildman–Crippen LogP) is 4.07. The van der Waals surface area contributed by atoms with E-state index >= 15 is 0 Å². The Balaban J connectivity index is 1.21. The van der Waals surface area contributed by atoms with Crippen LogP contribution in [0.25, 0.3) is 10.9 Å². The molecule has 1 aromatic carbocycles. The Morgan fingerprint density at radius 2 is 1.97 bits per heavy atom. The van der Waals surface area contributed by atoms with Gasteiger partial charge in [0.1, 0.15) is 11.4 Å². The van der Waals surface area contributed by atoms with Gasteiger partial charge in [0.05, 0.1) is 0 Å². The van der Waals surface area contributed by atoms with E-state index in [1.54, 1.807) is 11.9 Å². The van der Waals surface area contributed by atoms with Crippen LogP contribution in [0.15, 0.2) is 35.5 Å². The van der Waals surface area contributed by atoms with Gasteiger partial charge in [-0.1, -0.05) is 31.2 Å². The minimum absolute atomic E-state index is 0.118. The van der Waals surface area contributed by atoms with E-state index in [-0.39, 0.29) is 5.91 Å². The van der Waals surface area contributed by atoms with E-state index in [9.17, 15) is 4.79 Å². The number of aliphatic imine (C=N–C) groups is 1. The molecule has 1 saturated heterocycles. The van der Waals surface area contributed by atoms with Gasteiger partial charge in [-0.15, -0.1) is 0 Å². The zero-order valence-corrected chi connectivity index (χ0v) is 17.4. The quantitative estimate of drug-likeness (QED) is 0.584. The van der Waals surface area contributed by atoms with Crippen molar-refractivity contribution in [3.05, 3.63) is 36.0 Å². The lowest BCUT2D eigenvalue weighted by molar-refractivity contribution is -0.124. The van der Waals surface area contributed by atoms with Gasteiger partial charge >= 0.3 is 0 Å². The molecule has 2 aliphatic heterocycles. The van der Waals surface area contributed by atoms with E-state index in [4.69, 9.17) is 4.99 Å². The van der Waals surface area contributed by atoms with Gasteiger partial charge in [0.25, 0.3) is 5.91 Å². The van der Waals surface area contributed by atoms with Crippen LogP contribution in [0.1, 0.15) is 50.5 Å². The van der Waals surface area contributed by atoms with Crippen LogP contribution < -0.4 is 5.32 Å². The highest BCUT2D eigenvalue weighted by Gasteiger charge is 2.46. The molecule has 5 nitrogen and oxygen atoms in total. The van der Waals surface area contributed by atoms with E-state index in [0.29, 0.717) is 5.92 Å². The molecule has 1 saturated carbocycles. The van der Waals surface area contributed by atoms with E-state index in [1.165, 1.54) is 32.1 Å². The number of carbonyl (C=O) groups is 1. The van der Waals surface area contributed by atoms with Crippen molar-refractivity contribution in [1.29, 1.82) is 0 Å². The number of piperidine rings is 1. The molecule has 1 spiro atoms. The molecule has 5 rings (SSSR count). The van der Waals surface area contributed by atoms with Crippen molar-refractivity contribution in [3.8, 4) is 11.2 Å². The predicted molar refractivity (Wildman–Crippen MR) is 118 cm³/mol. The van der Waals surface area contributed by atoms with Gasteiger partial charge in [-0.05, 0) is 49.1 Å². The third-order valence-electron chi connectivity index (χ3n) is 6.50. The van der Waals surface area contributed by atoms with E-state index in [1.807, 2.05) is 12.3 Å². The van der Waals surface area contributed by atoms with Gasteiger partial charge in [0, 0.05) is 53.6 Å². The van der Waals surface area contributed by atoms with Gasteiger partial charge in [0.15, 0.2) is 0 Å². The summed E-state index contributed by atoms with van der Waals surface area (Å²) >= 11 is 1.56. The van der Waals surface area contributed by atoms with Gasteiger partial charge < -0.3 is 10.3 Å². The van der Waals surface area contributed by atoms with Crippen molar-refractivity contribution >= 4 is 34.6 Å². The van der Waals surface area contributed by atoms with Crippen LogP contribution >= 0.6 is 11.9 Å². The van der Waals surface area contributed by atoms with E-state index < -0.39 is 5.54 Å². The van der Waals surface area contributed by atoms with Gasteiger partial charge in [-0.3, -0.25) is 9.79 Å². The molecule has 3 heterocycles. The number of aromatic nitrogens is 1. The molecule has 0 bridgehead atoms. The second-order valence-corrected chi connectivity index (χ2v) is 9.21. The number of H-pyrrole nitrogens is 1. The van der Waals surface area contributed by atoms with Crippen LogP contribution in [-0.2, 0) is 4.79 Å². The molecule has 29 heavy (non-hydrogen) atoms. The van der Waals surface area contributed by atoms with Crippen molar-refractivity contribution < 1.29 is 4.79 Å². The first-order valence-corrected chi connectivity index (χ1v) is 11.4. The highest BCUT2D eigenvalue weighted by molar-refractivity contribution is 8.01. The minimum atomic E-state index is -0.534. The number of nitrogens with zero attached hydrogens (tertiary/aromatic N) is 2. The van der Waals surface area contributed by atoms with Crippen LogP contribution in [0.4, 0.5) is 0 Å². The Morgan fingerprint density at radius 1 is 1.14 bits per heavy atom. The standard InChI is InChI=1S/C23H26N4OS/c28-22-23(26-21(25-22)18-5-2-1-3-6-18)11-14-27(15-12-23)29-16-10-17-7-4-8-20-19(17)9-13-24-20/h4,7-9,13,18,24H,1-3,5-6,11-12,14-15H2,(H,25,26,28). The van der Waals surface area contributed by atoms with Crippen molar-refractivity contribution in [2.24, 2.45) is 10.9 Å². The summed E-state index contributed by atoms with van der Waals surface area (Å²) in [6, 6.07) is 8.21. The number of amides is 1. The summed E-state index contributed by atoms with van der Waals surface area (Å²) in [6.45, 7) is 1.67. The lowest BCUT2D eigenvalue weighted by Gasteiger charge is -2.33. The molecular weight excluding hydrogens is 380 g/mol. The number of hydrogen-bond donors (Lipinski definition) is 2. The molecule has 6 heteroatoms. The lowest BCUT2D eigenvalue weighted by Crippen LogP contribution is -2.47. The highest BCUT2D eigenvalue weighted by Crippen LogP contribution is 2.35. The van der Waals surface area contributed by atoms with Gasteiger partial charge in [-0.25, -0.2) is 4.31 Å². The molecule has 1 aliphatic carbocycles. The average molecular weight is 407 g/mol. The molecule has 2 aromatic rings. The second kappa shape index (κ2) is 7.89. The van der Waals surface area contributed by atoms with Crippen LogP contribution in [0, 0.1) is 17.1 Å². The summed E-state index contributed by atoms with van der Waals surface area (Å²) in [7, 11) is 0. The van der Waals surface area contributed by atoms with Crippen molar-refractivity contribution in [1.82, 2.24) is 14.6 Å². The number of hydrogen-bond acceptors (Lipinski definition) is 4. The molecule has 150 valence electrons. The number of carbonyl (C=O) groups excluding carboxylic acids is 1. The first kappa shape index (κ1) is 18.8. The maximum Gasteiger partial charge on any atom is 0.253 e. The Morgan fingerprint density at radius 3 is 2.79 bits per heavy atom. The fourth-order valence-corrected chi connectivity index (χ4v) is 5.38. The van der Waals surface area contributed by atoms with Gasteiger partial charge in [0.2, 0.25) is 0 Å². The third kappa shape index (κ3) is 3.70. The smallest absolute Gasteiger partial charge is 0.253 e. The number of aromatic amines is 1. The maximum absolute atomic E-state index is 12.7.